The maximum atomic E-state index is 14.1. The summed E-state index contributed by atoms with van der Waals surface area (Å²) >= 11 is 0. The predicted molar refractivity (Wildman–Crippen MR) is 465 cm³/mol. The van der Waals surface area contributed by atoms with Gasteiger partial charge in [-0.25, -0.2) is 9.13 Å². The van der Waals surface area contributed by atoms with Gasteiger partial charge in [0, 0.05) is 51.6 Å². The van der Waals surface area contributed by atoms with Crippen LogP contribution in [-0.4, -0.2) is 139 Å². The van der Waals surface area contributed by atoms with Crippen molar-refractivity contribution in [3.63, 3.8) is 0 Å². The van der Waals surface area contributed by atoms with Gasteiger partial charge in [-0.1, -0.05) is 336 Å². The second-order valence-electron chi connectivity index (χ2n) is 31.5. The number of ether oxygens (including phenoxy) is 6. The van der Waals surface area contributed by atoms with Gasteiger partial charge in [0.2, 0.25) is 11.8 Å². The number of amides is 2. The van der Waals surface area contributed by atoms with Crippen LogP contribution in [0, 0.1) is 0 Å². The summed E-state index contributed by atoms with van der Waals surface area (Å²) in [4.78, 5) is 79.1. The number of hydrogen-bond donors (Lipinski definition) is 2. The third-order valence-corrected chi connectivity index (χ3v) is 23.2. The molecule has 115 heavy (non-hydrogen) atoms. The summed E-state index contributed by atoms with van der Waals surface area (Å²) in [6.07, 6.45) is 59.0. The maximum absolute atomic E-state index is 14.1. The lowest BCUT2D eigenvalue weighted by atomic mass is 10.1. The van der Waals surface area contributed by atoms with Gasteiger partial charge in [0.05, 0.1) is 66.1 Å². The Labute approximate surface area is 701 Å². The molecule has 0 rings (SSSR count). The van der Waals surface area contributed by atoms with Crippen LogP contribution in [0.1, 0.15) is 420 Å². The molecule has 0 saturated carbocycles. The molecule has 0 aliphatic carbocycles. The van der Waals surface area contributed by atoms with Crippen LogP contribution in [0.5, 0.6) is 0 Å². The number of nitrogens with one attached hydrogen (secondary N) is 2. The molecule has 2 N–H and O–H groups in total. The number of hydrogen-bond acceptors (Lipinski definition) is 20. The fourth-order valence-electron chi connectivity index (χ4n) is 13.4. The fourth-order valence-corrected chi connectivity index (χ4v) is 15.8. The third-order valence-electron chi connectivity index (χ3n) is 20.4. The zero-order valence-corrected chi connectivity index (χ0v) is 75.9. The quantitative estimate of drug-likeness (QED) is 0.0143. The Morgan fingerprint density at radius 2 is 0.513 bits per heavy atom. The van der Waals surface area contributed by atoms with Gasteiger partial charge in [0.1, 0.15) is 30.8 Å². The first-order valence-corrected chi connectivity index (χ1v) is 49.7. The first kappa shape index (κ1) is 111. The second kappa shape index (κ2) is 84.1. The Bertz CT molecular complexity index is 2230. The first-order chi connectivity index (χ1) is 56.0. The minimum atomic E-state index is -4.39. The van der Waals surface area contributed by atoms with E-state index in [0.29, 0.717) is 51.4 Å². The molecule has 0 spiro atoms. The van der Waals surface area contributed by atoms with Crippen LogP contribution >= 0.6 is 15.6 Å². The number of esters is 4. The molecule has 6 atom stereocenters. The summed E-state index contributed by atoms with van der Waals surface area (Å²) in [7, 11) is -8.78. The molecular formula is C91H172N2O20P2. The van der Waals surface area contributed by atoms with E-state index in [1.54, 1.807) is 0 Å². The van der Waals surface area contributed by atoms with E-state index in [1.165, 1.54) is 179 Å². The molecular weight excluding hydrogens is 1500 g/mol. The average Bonchev–Trinajstić information content (AvgIpc) is 0.888. The van der Waals surface area contributed by atoms with Crippen molar-refractivity contribution in [2.75, 3.05) is 79.2 Å². The van der Waals surface area contributed by atoms with Crippen LogP contribution in [0.15, 0.2) is 25.3 Å². The summed E-state index contributed by atoms with van der Waals surface area (Å²) in [5.41, 5.74) is 0. The molecule has 0 aromatic heterocycles. The lowest BCUT2D eigenvalue weighted by Crippen LogP contribution is -2.34. The third kappa shape index (κ3) is 76.3. The number of phosphoric ester groups is 2. The molecule has 0 heterocycles. The molecule has 0 saturated heterocycles. The number of rotatable bonds is 92. The Balaban J connectivity index is 5.92. The van der Waals surface area contributed by atoms with E-state index in [4.69, 9.17) is 55.6 Å². The second-order valence-corrected chi connectivity index (χ2v) is 34.8. The Morgan fingerprint density at radius 1 is 0.278 bits per heavy atom. The lowest BCUT2D eigenvalue weighted by Gasteiger charge is -2.23. The van der Waals surface area contributed by atoms with Gasteiger partial charge in [-0.05, 0) is 51.4 Å². The lowest BCUT2D eigenvalue weighted by molar-refractivity contribution is -0.156. The van der Waals surface area contributed by atoms with Gasteiger partial charge >= 0.3 is 39.5 Å². The highest BCUT2D eigenvalue weighted by atomic mass is 31.2. The molecule has 2 amide bonds. The van der Waals surface area contributed by atoms with Crippen LogP contribution < -0.4 is 10.6 Å². The number of carbonyl (C=O) groups excluding carboxylic acids is 6. The maximum Gasteiger partial charge on any atom is 0.475 e. The molecule has 24 heteroatoms. The Hall–Kier alpha value is -3.56. The van der Waals surface area contributed by atoms with Gasteiger partial charge in [-0.2, -0.15) is 0 Å². The topological polar surface area (TPSA) is 271 Å². The van der Waals surface area contributed by atoms with E-state index in [9.17, 15) is 37.9 Å². The SMILES string of the molecule is C=CCOP(=O)(OCCNC(=O)CC(=O)NCCOP(=O)(OCC=C)OC[C@H](COCC[C@@H](CCCCCCC)OC(=O)CCCCCCCCCCC)OC(=O)CCCCCCCCCCCCC)OC[C@H](COCC[C@@H](CCCCCCC)OC(=O)CCCCCCCCCCC)OC(=O)CCCCCCCCCCCCC. The van der Waals surface area contributed by atoms with E-state index in [-0.39, 0.29) is 103 Å². The van der Waals surface area contributed by atoms with Gasteiger partial charge in [0.25, 0.3) is 0 Å². The summed E-state index contributed by atoms with van der Waals surface area (Å²) < 4.78 is 98.3. The molecule has 0 bridgehead atoms. The highest BCUT2D eigenvalue weighted by Crippen LogP contribution is 2.50. The first-order valence-electron chi connectivity index (χ1n) is 46.8. The monoisotopic (exact) mass is 1680 g/mol. The van der Waals surface area contributed by atoms with Gasteiger partial charge in [0.15, 0.2) is 0 Å². The van der Waals surface area contributed by atoms with Crippen molar-refractivity contribution in [3.05, 3.63) is 25.3 Å². The molecule has 0 aliphatic rings. The van der Waals surface area contributed by atoms with Crippen LogP contribution in [0.2, 0.25) is 0 Å². The van der Waals surface area contributed by atoms with Crippen molar-refractivity contribution < 1.29 is 93.5 Å². The zero-order chi connectivity index (χ0) is 84.3. The normalized spacial score (nSPS) is 13.6. The van der Waals surface area contributed by atoms with Crippen molar-refractivity contribution >= 4 is 51.3 Å². The molecule has 0 radical (unpaired) electrons. The van der Waals surface area contributed by atoms with Crippen molar-refractivity contribution in [1.29, 1.82) is 0 Å². The standard InChI is InChI=1S/C91H172N2O20P2/c1-9-17-23-29-33-37-39-43-47-53-59-65-90(98)112-84(78-102-73-67-82(61-55-49-27-21-13-5)110-88(96)63-57-51-45-41-35-31-25-19-11-3)80-108-114(100,104-71-15-7)106-75-69-92-86(94)77-87(95)93-70-76-107-115(101,105-72-16-8)109-81-85(113-91(99)66-60-54-48-44-40-38-34-30-24-18-10-2)79-103-74-68-83(62-56-50-28-22-14-6)111-89(97)64-58-52-46-42-36-32-26-20-12-4/h15-16,82-85H,7-14,17-81H2,1-6H3,(H,92,94)(H,93,95)/t82-,83-,84+,85+,114?,115?/m1/s1. The van der Waals surface area contributed by atoms with Gasteiger partial charge in [-0.15, -0.1) is 13.2 Å². The van der Waals surface area contributed by atoms with Crippen molar-refractivity contribution in [3.8, 4) is 0 Å². The van der Waals surface area contributed by atoms with E-state index >= 15 is 0 Å². The van der Waals surface area contributed by atoms with Crippen molar-refractivity contribution in [2.45, 2.75) is 445 Å². The smallest absolute Gasteiger partial charge is 0.462 e. The molecule has 22 nitrogen and oxygen atoms in total. The molecule has 0 fully saturated rings. The van der Waals surface area contributed by atoms with Crippen molar-refractivity contribution in [1.82, 2.24) is 10.6 Å². The number of unbranched alkanes of at least 4 members (excludes halogenated alkanes) is 44. The van der Waals surface area contributed by atoms with E-state index in [2.05, 4.69) is 65.3 Å². The highest BCUT2D eigenvalue weighted by molar-refractivity contribution is 7.48. The Morgan fingerprint density at radius 3 is 0.765 bits per heavy atom. The van der Waals surface area contributed by atoms with Crippen molar-refractivity contribution in [2.24, 2.45) is 0 Å². The summed E-state index contributed by atoms with van der Waals surface area (Å²) in [6, 6.07) is 0. The molecule has 2 unspecified atom stereocenters. The number of phosphoric acid groups is 2. The highest BCUT2D eigenvalue weighted by Gasteiger charge is 2.32. The van der Waals surface area contributed by atoms with E-state index < -0.39 is 71.2 Å². The van der Waals surface area contributed by atoms with Crippen LogP contribution in [0.25, 0.3) is 0 Å². The summed E-state index contributed by atoms with van der Waals surface area (Å²) in [5, 5.41) is 5.12. The average molecular weight is 1680 g/mol. The summed E-state index contributed by atoms with van der Waals surface area (Å²) in [6.45, 7) is 18.3. The summed E-state index contributed by atoms with van der Waals surface area (Å²) in [5.74, 6) is -2.71. The molecule has 0 aromatic rings. The molecule has 0 aromatic carbocycles. The largest absolute Gasteiger partial charge is 0.475 e. The van der Waals surface area contributed by atoms with Crippen LogP contribution in [0.3, 0.4) is 0 Å². The zero-order valence-electron chi connectivity index (χ0n) is 74.1. The minimum Gasteiger partial charge on any atom is -0.462 e. The van der Waals surface area contributed by atoms with E-state index in [0.717, 1.165) is 141 Å². The van der Waals surface area contributed by atoms with E-state index in [1.807, 2.05) is 0 Å². The molecule has 0 aliphatic heterocycles. The van der Waals surface area contributed by atoms with Gasteiger partial charge < -0.3 is 39.1 Å². The van der Waals surface area contributed by atoms with Gasteiger partial charge in [-0.3, -0.25) is 55.9 Å². The van der Waals surface area contributed by atoms with Crippen LogP contribution in [-0.2, 0) is 93.5 Å². The fraction of sp³-hybridized carbons (Fsp3) is 0.890. The molecule has 676 valence electrons. The minimum absolute atomic E-state index is 0.112. The predicted octanol–water partition coefficient (Wildman–Crippen LogP) is 24.7. The Kier molecular flexibility index (Phi) is 81.5. The van der Waals surface area contributed by atoms with Crippen LogP contribution in [0.4, 0.5) is 0 Å². The number of carbonyl (C=O) groups is 6.